The van der Waals surface area contributed by atoms with Crippen molar-refractivity contribution in [3.8, 4) is 0 Å². The molecule has 0 aliphatic heterocycles. The van der Waals surface area contributed by atoms with E-state index in [1.54, 1.807) is 39.5 Å². The first kappa shape index (κ1) is 29.0. The van der Waals surface area contributed by atoms with Crippen molar-refractivity contribution < 1.29 is 30.0 Å². The van der Waals surface area contributed by atoms with Gasteiger partial charge >= 0.3 is 0 Å². The quantitative estimate of drug-likeness (QED) is 0.477. The lowest BCUT2D eigenvalue weighted by molar-refractivity contribution is -0.148. The maximum atomic E-state index is 13.2. The summed E-state index contributed by atoms with van der Waals surface area (Å²) in [5.41, 5.74) is -1.73. The van der Waals surface area contributed by atoms with Crippen LogP contribution in [0.2, 0.25) is 0 Å². The largest absolute Gasteiger partial charge is 0.392 e. The van der Waals surface area contributed by atoms with E-state index in [4.69, 9.17) is 0 Å². The molecule has 34 heavy (non-hydrogen) atoms. The average Bonchev–Trinajstić information content (AvgIpc) is 2.82. The molecule has 0 heterocycles. The number of Topliss-reactive ketones (excluding diaryl/α,β-unsaturated/α-hetero) is 2. The molecule has 7 heteroatoms. The van der Waals surface area contributed by atoms with Gasteiger partial charge < -0.3 is 20.4 Å². The molecular formula is C27H42O6S. The monoisotopic (exact) mass is 494 g/mol. The summed E-state index contributed by atoms with van der Waals surface area (Å²) in [5, 5.41) is 43.8. The van der Waals surface area contributed by atoms with Gasteiger partial charge in [-0.2, -0.15) is 0 Å². The first-order valence-electron chi connectivity index (χ1n) is 12.3. The number of benzene rings is 1. The normalized spacial score (nSPS) is 41.2. The number of hydrogen-bond acceptors (Lipinski definition) is 7. The highest BCUT2D eigenvalue weighted by Gasteiger charge is 2.44. The van der Waals surface area contributed by atoms with E-state index in [1.807, 2.05) is 37.3 Å². The second kappa shape index (κ2) is 12.1. The second-order valence-electron chi connectivity index (χ2n) is 10.6. The zero-order chi connectivity index (χ0) is 25.8. The summed E-state index contributed by atoms with van der Waals surface area (Å²) >= 11 is 1.58. The summed E-state index contributed by atoms with van der Waals surface area (Å²) in [6.07, 6.45) is -2.97. The van der Waals surface area contributed by atoms with Crippen molar-refractivity contribution in [2.75, 3.05) is 5.75 Å². The lowest BCUT2D eigenvalue weighted by atomic mass is 9.72. The minimum absolute atomic E-state index is 0.00881. The van der Waals surface area contributed by atoms with E-state index in [2.05, 4.69) is 0 Å². The summed E-state index contributed by atoms with van der Waals surface area (Å²) in [7, 11) is 0. The highest BCUT2D eigenvalue weighted by atomic mass is 32.2. The van der Waals surface area contributed by atoms with Crippen molar-refractivity contribution in [3.63, 3.8) is 0 Å². The Hall–Kier alpha value is -1.25. The highest BCUT2D eigenvalue weighted by Crippen LogP contribution is 2.35. The van der Waals surface area contributed by atoms with Gasteiger partial charge in [0.2, 0.25) is 0 Å². The molecule has 1 aliphatic rings. The average molecular weight is 495 g/mol. The molecule has 1 fully saturated rings. The van der Waals surface area contributed by atoms with Crippen LogP contribution in [0, 0.1) is 35.5 Å². The Morgan fingerprint density at radius 1 is 0.882 bits per heavy atom. The van der Waals surface area contributed by atoms with E-state index in [1.165, 1.54) is 6.92 Å². The van der Waals surface area contributed by atoms with Gasteiger partial charge in [0.25, 0.3) is 0 Å². The van der Waals surface area contributed by atoms with Gasteiger partial charge in [0.15, 0.2) is 5.78 Å². The number of rotatable bonds is 3. The fraction of sp³-hybridized carbons (Fsp3) is 0.704. The Morgan fingerprint density at radius 2 is 1.44 bits per heavy atom. The summed E-state index contributed by atoms with van der Waals surface area (Å²) in [6.45, 7) is 9.97. The first-order valence-corrected chi connectivity index (χ1v) is 13.3. The predicted octanol–water partition coefficient (Wildman–Crippen LogP) is 3.34. The summed E-state index contributed by atoms with van der Waals surface area (Å²) < 4.78 is 0. The molecule has 2 rings (SSSR count). The van der Waals surface area contributed by atoms with Gasteiger partial charge in [-0.3, -0.25) is 9.59 Å². The van der Waals surface area contributed by atoms with Crippen LogP contribution < -0.4 is 0 Å². The number of aliphatic hydroxyl groups excluding tert-OH is 3. The number of carbonyl (C=O) groups is 2. The topological polar surface area (TPSA) is 115 Å². The van der Waals surface area contributed by atoms with E-state index in [0.29, 0.717) is 5.75 Å². The highest BCUT2D eigenvalue weighted by molar-refractivity contribution is 7.99. The molecule has 0 aromatic heterocycles. The molecule has 10 atom stereocenters. The van der Waals surface area contributed by atoms with Crippen molar-refractivity contribution in [3.05, 3.63) is 30.3 Å². The van der Waals surface area contributed by atoms with Crippen LogP contribution in [0.25, 0.3) is 0 Å². The zero-order valence-corrected chi connectivity index (χ0v) is 22.0. The van der Waals surface area contributed by atoms with Crippen molar-refractivity contribution in [1.82, 2.24) is 0 Å². The van der Waals surface area contributed by atoms with Gasteiger partial charge in [-0.25, -0.2) is 0 Å². The molecular weight excluding hydrogens is 452 g/mol. The molecule has 0 unspecified atom stereocenters. The fourth-order valence-corrected chi connectivity index (χ4v) is 6.33. The van der Waals surface area contributed by atoms with Crippen LogP contribution in [0.15, 0.2) is 35.2 Å². The minimum Gasteiger partial charge on any atom is -0.392 e. The number of hydrogen-bond donors (Lipinski definition) is 4. The maximum absolute atomic E-state index is 13.2. The van der Waals surface area contributed by atoms with Gasteiger partial charge in [0, 0.05) is 34.8 Å². The van der Waals surface area contributed by atoms with Gasteiger partial charge in [0.05, 0.1) is 18.3 Å². The third kappa shape index (κ3) is 6.91. The van der Waals surface area contributed by atoms with Crippen molar-refractivity contribution in [2.45, 2.75) is 83.2 Å². The zero-order valence-electron chi connectivity index (χ0n) is 21.2. The Kier molecular flexibility index (Phi) is 10.3. The van der Waals surface area contributed by atoms with Crippen LogP contribution in [0.4, 0.5) is 0 Å². The van der Waals surface area contributed by atoms with Gasteiger partial charge in [-0.15, -0.1) is 11.8 Å². The molecule has 1 aromatic rings. The molecule has 1 saturated carbocycles. The van der Waals surface area contributed by atoms with Crippen molar-refractivity contribution >= 4 is 23.3 Å². The molecule has 1 aromatic carbocycles. The Labute approximate surface area is 208 Å². The Morgan fingerprint density at radius 3 is 2.03 bits per heavy atom. The smallest absolute Gasteiger partial charge is 0.169 e. The molecule has 4 N–H and O–H groups in total. The van der Waals surface area contributed by atoms with E-state index in [9.17, 15) is 30.0 Å². The van der Waals surface area contributed by atoms with E-state index < -0.39 is 53.4 Å². The third-order valence-corrected chi connectivity index (χ3v) is 9.01. The number of carbonyl (C=O) groups excluding carboxylic acids is 2. The SMILES string of the molecule is C[C@@H]1[C@@H](O)[C@@H](C)C[C@](C)(O)C(=O)[C@H](C)[C@@H](O)[C@@H](C)[C@@H](CSc2ccccc2)CC(=O)[C@H](C)[C@H]1O. The lowest BCUT2D eigenvalue weighted by Crippen LogP contribution is -2.49. The number of ketones is 2. The van der Waals surface area contributed by atoms with Crippen LogP contribution in [0.3, 0.4) is 0 Å². The standard InChI is InChI=1S/C27H42O6S/c1-15-13-27(6,33)26(32)19(5)24(30)16(2)20(14-34-21-10-8-7-9-11-21)12-22(28)17(3)25(31)18(4)23(15)29/h7-11,15-20,23-25,29-31,33H,12-14H2,1-6H3/t15-,16-,17-,18+,19+,20+,23-,24-,25+,27-/m0/s1. The Balaban J connectivity index is 2.39. The summed E-state index contributed by atoms with van der Waals surface area (Å²) in [5.74, 6) is -3.31. The fourth-order valence-electron chi connectivity index (χ4n) is 5.15. The first-order chi connectivity index (χ1) is 15.8. The van der Waals surface area contributed by atoms with Crippen LogP contribution in [0.5, 0.6) is 0 Å². The molecule has 192 valence electrons. The van der Waals surface area contributed by atoms with E-state index in [-0.39, 0.29) is 30.5 Å². The van der Waals surface area contributed by atoms with Crippen molar-refractivity contribution in [2.24, 2.45) is 35.5 Å². The minimum atomic E-state index is -1.73. The van der Waals surface area contributed by atoms with Crippen LogP contribution >= 0.6 is 11.8 Å². The van der Waals surface area contributed by atoms with Crippen LogP contribution in [-0.2, 0) is 9.59 Å². The lowest BCUT2D eigenvalue weighted by Gasteiger charge is -2.38. The Bertz CT molecular complexity index is 813. The van der Waals surface area contributed by atoms with Crippen LogP contribution in [0.1, 0.15) is 54.4 Å². The summed E-state index contributed by atoms with van der Waals surface area (Å²) in [6, 6.07) is 9.77. The van der Waals surface area contributed by atoms with Gasteiger partial charge in [0.1, 0.15) is 11.4 Å². The number of aliphatic hydroxyl groups is 4. The van der Waals surface area contributed by atoms with E-state index >= 15 is 0 Å². The molecule has 0 bridgehead atoms. The molecule has 6 nitrogen and oxygen atoms in total. The third-order valence-electron chi connectivity index (χ3n) is 7.81. The van der Waals surface area contributed by atoms with Gasteiger partial charge in [-0.1, -0.05) is 52.8 Å². The van der Waals surface area contributed by atoms with Crippen LogP contribution in [-0.4, -0.2) is 61.7 Å². The predicted molar refractivity (Wildman–Crippen MR) is 134 cm³/mol. The molecule has 0 radical (unpaired) electrons. The second-order valence-corrected chi connectivity index (χ2v) is 11.7. The van der Waals surface area contributed by atoms with E-state index in [0.717, 1.165) is 4.90 Å². The molecule has 0 saturated heterocycles. The number of thioether (sulfide) groups is 1. The maximum Gasteiger partial charge on any atom is 0.169 e. The molecule has 1 aliphatic carbocycles. The van der Waals surface area contributed by atoms with Crippen molar-refractivity contribution in [1.29, 1.82) is 0 Å². The molecule has 0 amide bonds. The molecule has 0 spiro atoms. The summed E-state index contributed by atoms with van der Waals surface area (Å²) in [4.78, 5) is 27.4. The van der Waals surface area contributed by atoms with Gasteiger partial charge in [-0.05, 0) is 43.2 Å².